The van der Waals surface area contributed by atoms with Crippen molar-refractivity contribution in [1.82, 2.24) is 4.34 Å². The van der Waals surface area contributed by atoms with Crippen LogP contribution in [0.25, 0.3) is 10.9 Å². The van der Waals surface area contributed by atoms with Crippen molar-refractivity contribution in [2.45, 2.75) is 0 Å². The Morgan fingerprint density at radius 2 is 2.11 bits per heavy atom. The molecule has 2 atom stereocenters. The molecule has 0 amide bonds. The minimum Gasteiger partial charge on any atom is -0.322 e. The van der Waals surface area contributed by atoms with Gasteiger partial charge in [0.15, 0.2) is 0 Å². The molecule has 18 heavy (non-hydrogen) atoms. The number of hydrogen-bond donors (Lipinski definition) is 0. The van der Waals surface area contributed by atoms with Crippen LogP contribution in [0, 0.1) is 11.3 Å². The van der Waals surface area contributed by atoms with Gasteiger partial charge in [0.05, 0.1) is 16.8 Å². The first-order chi connectivity index (χ1) is 8.45. The third kappa shape index (κ3) is 2.15. The molecule has 0 bridgehead atoms. The normalized spacial score (nSPS) is 10.3. The Kier molecular flexibility index (Phi) is 3.69. The van der Waals surface area contributed by atoms with Crippen LogP contribution in [0.5, 0.6) is 0 Å². The fraction of sp³-hybridized carbons (Fsp3) is 0. The van der Waals surface area contributed by atoms with Crippen LogP contribution in [0.4, 0.5) is 0 Å². The summed E-state index contributed by atoms with van der Waals surface area (Å²) < 4.78 is 2.63. The van der Waals surface area contributed by atoms with Crippen LogP contribution in [0.15, 0.2) is 34.8 Å². The van der Waals surface area contributed by atoms with Crippen molar-refractivity contribution in [3.63, 3.8) is 0 Å². The number of fused-ring (bicyclic) bond motifs is 1. The van der Waals surface area contributed by atoms with E-state index in [0.29, 0.717) is 5.69 Å². The number of allylic oxidation sites excluding steroid dienone is 1. The lowest BCUT2D eigenvalue weighted by atomic mass is 10.1. The van der Waals surface area contributed by atoms with Crippen molar-refractivity contribution in [2.24, 2.45) is 0 Å². The van der Waals surface area contributed by atoms with Crippen molar-refractivity contribution in [3.05, 3.63) is 40.5 Å². The molecule has 0 saturated carbocycles. The SMILES string of the molecule is C=C(C#N)C(=O)c1cc2cc(P)c(Br)cc2n1P. The standard InChI is InChI=1S/C12H9BrN2OP2/c1-6(5-14)12(16)10-2-7-3-11(17)8(13)4-9(7)15(10)18/h2-4H,1,17-18H2. The molecule has 90 valence electrons. The molecule has 0 aliphatic heterocycles. The second-order valence-corrected chi connectivity index (χ2v) is 5.74. The van der Waals surface area contributed by atoms with Gasteiger partial charge in [-0.1, -0.05) is 22.5 Å². The molecule has 6 heteroatoms. The summed E-state index contributed by atoms with van der Waals surface area (Å²) in [6.07, 6.45) is 0. The molecule has 0 fully saturated rings. The number of carbonyl (C=O) groups is 1. The van der Waals surface area contributed by atoms with Gasteiger partial charge in [-0.05, 0) is 32.9 Å². The first-order valence-corrected chi connectivity index (χ1v) is 6.83. The van der Waals surface area contributed by atoms with E-state index in [2.05, 4.69) is 41.1 Å². The van der Waals surface area contributed by atoms with Crippen LogP contribution in [-0.2, 0) is 0 Å². The van der Waals surface area contributed by atoms with E-state index in [1.54, 1.807) is 16.5 Å². The van der Waals surface area contributed by atoms with E-state index < -0.39 is 0 Å². The Balaban J connectivity index is 2.69. The number of nitriles is 1. The highest BCUT2D eigenvalue weighted by molar-refractivity contribution is 9.10. The average molecular weight is 339 g/mol. The van der Waals surface area contributed by atoms with Crippen molar-refractivity contribution in [2.75, 3.05) is 0 Å². The number of aromatic nitrogens is 1. The lowest BCUT2D eigenvalue weighted by molar-refractivity contribution is 0.103. The first kappa shape index (κ1) is 13.4. The summed E-state index contributed by atoms with van der Waals surface area (Å²) in [5, 5.41) is 10.7. The van der Waals surface area contributed by atoms with Crippen LogP contribution < -0.4 is 5.30 Å². The van der Waals surface area contributed by atoms with Gasteiger partial charge in [-0.25, -0.2) is 0 Å². The van der Waals surface area contributed by atoms with Crippen molar-refractivity contribution >= 4 is 56.6 Å². The maximum absolute atomic E-state index is 12.0. The summed E-state index contributed by atoms with van der Waals surface area (Å²) in [5.74, 6) is -0.356. The zero-order valence-electron chi connectivity index (χ0n) is 9.27. The predicted molar refractivity (Wildman–Crippen MR) is 83.2 cm³/mol. The molecule has 0 saturated heterocycles. The summed E-state index contributed by atoms with van der Waals surface area (Å²) in [4.78, 5) is 12.0. The Labute approximate surface area is 117 Å². The number of Topliss-reactive ketones (excluding diaryl/α,β-unsaturated/α-hetero) is 1. The Hall–Kier alpha value is -1.000. The molecule has 0 aliphatic carbocycles. The van der Waals surface area contributed by atoms with Crippen molar-refractivity contribution < 1.29 is 4.79 Å². The van der Waals surface area contributed by atoms with Gasteiger partial charge in [0.1, 0.15) is 6.07 Å². The minimum atomic E-state index is -0.356. The smallest absolute Gasteiger partial charge is 0.219 e. The molecule has 2 aromatic rings. The van der Waals surface area contributed by atoms with Crippen molar-refractivity contribution in [1.29, 1.82) is 5.26 Å². The van der Waals surface area contributed by atoms with Gasteiger partial charge in [-0.3, -0.25) is 4.79 Å². The molecular formula is C12H9BrN2OP2. The monoisotopic (exact) mass is 338 g/mol. The number of hydrogen-bond acceptors (Lipinski definition) is 2. The fourth-order valence-corrected chi connectivity index (χ4v) is 2.66. The van der Waals surface area contributed by atoms with Crippen LogP contribution in [0.1, 0.15) is 10.5 Å². The van der Waals surface area contributed by atoms with Crippen LogP contribution in [-0.4, -0.2) is 10.1 Å². The predicted octanol–water partition coefficient (Wildman–Crippen LogP) is 2.80. The van der Waals surface area contributed by atoms with Gasteiger partial charge in [-0.2, -0.15) is 5.26 Å². The fourth-order valence-electron chi connectivity index (χ4n) is 1.65. The minimum absolute atomic E-state index is 0.0633. The van der Waals surface area contributed by atoms with E-state index in [1.165, 1.54) is 0 Å². The zero-order chi connectivity index (χ0) is 13.4. The van der Waals surface area contributed by atoms with E-state index in [-0.39, 0.29) is 11.4 Å². The van der Waals surface area contributed by atoms with Crippen molar-refractivity contribution in [3.8, 4) is 6.07 Å². The highest BCUT2D eigenvalue weighted by atomic mass is 79.9. The summed E-state index contributed by atoms with van der Waals surface area (Å²) in [6, 6.07) is 7.42. The number of rotatable bonds is 2. The molecule has 0 spiro atoms. The topological polar surface area (TPSA) is 45.8 Å². The second kappa shape index (κ2) is 4.94. The van der Waals surface area contributed by atoms with Gasteiger partial charge in [0.25, 0.3) is 0 Å². The lowest BCUT2D eigenvalue weighted by Crippen LogP contribution is -2.03. The molecule has 1 aromatic heterocycles. The Morgan fingerprint density at radius 3 is 2.72 bits per heavy atom. The van der Waals surface area contributed by atoms with Gasteiger partial charge >= 0.3 is 0 Å². The number of halogens is 1. The summed E-state index contributed by atoms with van der Waals surface area (Å²) in [5.41, 5.74) is 1.27. The molecule has 3 nitrogen and oxygen atoms in total. The van der Waals surface area contributed by atoms with Crippen LogP contribution >= 0.6 is 34.6 Å². The van der Waals surface area contributed by atoms with E-state index in [4.69, 9.17) is 5.26 Å². The molecular weight excluding hydrogens is 330 g/mol. The summed E-state index contributed by atoms with van der Waals surface area (Å²) in [6.45, 7) is 3.45. The zero-order valence-corrected chi connectivity index (χ0v) is 13.2. The quantitative estimate of drug-likeness (QED) is 0.366. The van der Waals surface area contributed by atoms with Gasteiger partial charge in [0, 0.05) is 9.86 Å². The molecule has 2 rings (SSSR count). The van der Waals surface area contributed by atoms with Crippen LogP contribution in [0.2, 0.25) is 0 Å². The van der Waals surface area contributed by atoms with E-state index >= 15 is 0 Å². The molecule has 1 heterocycles. The van der Waals surface area contributed by atoms with Gasteiger partial charge in [0.2, 0.25) is 5.78 Å². The Bertz CT molecular complexity index is 728. The third-order valence-electron chi connectivity index (χ3n) is 2.60. The second-order valence-electron chi connectivity index (χ2n) is 3.75. The van der Waals surface area contributed by atoms with Gasteiger partial charge in [-0.15, -0.1) is 9.24 Å². The maximum atomic E-state index is 12.0. The highest BCUT2D eigenvalue weighted by Gasteiger charge is 2.16. The number of carbonyl (C=O) groups excluding carboxylic acids is 1. The largest absolute Gasteiger partial charge is 0.322 e. The van der Waals surface area contributed by atoms with Gasteiger partial charge < -0.3 is 4.34 Å². The number of nitrogens with zero attached hydrogens (tertiary/aromatic N) is 2. The molecule has 2 unspecified atom stereocenters. The van der Waals surface area contributed by atoms with E-state index in [0.717, 1.165) is 20.7 Å². The highest BCUT2D eigenvalue weighted by Crippen LogP contribution is 2.26. The maximum Gasteiger partial charge on any atom is 0.219 e. The average Bonchev–Trinajstić information content (AvgIpc) is 2.66. The third-order valence-corrected chi connectivity index (χ3v) is 4.74. The first-order valence-electron chi connectivity index (χ1n) is 4.95. The van der Waals surface area contributed by atoms with Crippen LogP contribution in [0.3, 0.4) is 0 Å². The lowest BCUT2D eigenvalue weighted by Gasteiger charge is -2.02. The Morgan fingerprint density at radius 1 is 1.44 bits per heavy atom. The summed E-state index contributed by atoms with van der Waals surface area (Å²) >= 11 is 3.44. The summed E-state index contributed by atoms with van der Waals surface area (Å²) in [7, 11) is 5.10. The molecule has 0 aliphatic rings. The number of benzene rings is 1. The van der Waals surface area contributed by atoms with E-state index in [9.17, 15) is 4.79 Å². The molecule has 0 N–H and O–H groups in total. The molecule has 0 radical (unpaired) electrons. The van der Waals surface area contributed by atoms with E-state index in [1.807, 2.05) is 12.1 Å². The number of ketones is 1. The molecule has 1 aromatic carbocycles.